The summed E-state index contributed by atoms with van der Waals surface area (Å²) in [5, 5.41) is 3.17. The van der Waals surface area contributed by atoms with Crippen LogP contribution in [0.4, 0.5) is 0 Å². The van der Waals surface area contributed by atoms with Gasteiger partial charge in [0.25, 0.3) is 0 Å². The fraction of sp³-hybridized carbons (Fsp3) is 0.467. The molecule has 3 aliphatic rings. The van der Waals surface area contributed by atoms with Crippen LogP contribution in [0.15, 0.2) is 34.2 Å². The van der Waals surface area contributed by atoms with Crippen molar-refractivity contribution in [1.29, 1.82) is 0 Å². The predicted octanol–water partition coefficient (Wildman–Crippen LogP) is 1.50. The zero-order valence-electron chi connectivity index (χ0n) is 12.5. The Bertz CT molecular complexity index is 657. The monoisotopic (exact) mass is 317 g/mol. The Morgan fingerprint density at radius 1 is 1.50 bits per heavy atom. The molecule has 0 saturated carbocycles. The largest absolute Gasteiger partial charge is 0.379 e. The molecule has 116 valence electrons. The van der Waals surface area contributed by atoms with Crippen molar-refractivity contribution in [3.05, 3.63) is 34.1 Å². The van der Waals surface area contributed by atoms with Crippen LogP contribution < -0.4 is 11.1 Å². The lowest BCUT2D eigenvalue weighted by Gasteiger charge is -2.41. The van der Waals surface area contributed by atoms with Crippen molar-refractivity contribution < 1.29 is 4.74 Å². The summed E-state index contributed by atoms with van der Waals surface area (Å²) in [6.45, 7) is 3.63. The molecule has 1 aromatic heterocycles. The molecular weight excluding hydrogens is 298 g/mol. The number of ether oxygens (including phenoxy) is 1. The van der Waals surface area contributed by atoms with E-state index in [9.17, 15) is 0 Å². The summed E-state index contributed by atoms with van der Waals surface area (Å²) in [6.07, 6.45) is 6.06. The zero-order chi connectivity index (χ0) is 15.1. The second-order valence-electron chi connectivity index (χ2n) is 5.82. The van der Waals surface area contributed by atoms with E-state index in [1.165, 1.54) is 16.0 Å². The number of aliphatic imine (C=N–C) groups is 1. The van der Waals surface area contributed by atoms with Crippen molar-refractivity contribution in [1.82, 2.24) is 15.2 Å². The summed E-state index contributed by atoms with van der Waals surface area (Å²) in [5.41, 5.74) is 11.5. The first-order valence-electron chi connectivity index (χ1n) is 7.47. The van der Waals surface area contributed by atoms with Gasteiger partial charge in [-0.3, -0.25) is 4.98 Å². The minimum absolute atomic E-state index is 0.00961. The number of nitrogens with zero attached hydrogens (tertiary/aromatic N) is 3. The third-order valence-electron chi connectivity index (χ3n) is 4.41. The molecule has 1 saturated heterocycles. The topological polar surface area (TPSA) is 75.8 Å². The highest BCUT2D eigenvalue weighted by Crippen LogP contribution is 2.38. The first-order valence-corrected chi connectivity index (χ1v) is 8.35. The number of rotatable bonds is 2. The number of aromatic nitrogens is 1. The van der Waals surface area contributed by atoms with Gasteiger partial charge in [0.15, 0.2) is 5.96 Å². The quantitative estimate of drug-likeness (QED) is 0.864. The number of thiazole rings is 1. The highest BCUT2D eigenvalue weighted by molar-refractivity contribution is 7.10. The first-order chi connectivity index (χ1) is 10.7. The van der Waals surface area contributed by atoms with Gasteiger partial charge in [-0.15, -0.1) is 11.3 Å². The summed E-state index contributed by atoms with van der Waals surface area (Å²) < 4.78 is 5.58. The maximum atomic E-state index is 5.94. The second kappa shape index (κ2) is 5.40. The number of guanidine groups is 1. The third kappa shape index (κ3) is 2.30. The maximum Gasteiger partial charge on any atom is 0.195 e. The minimum atomic E-state index is -0.00961. The van der Waals surface area contributed by atoms with Crippen LogP contribution in [0.2, 0.25) is 0 Å². The fourth-order valence-electron chi connectivity index (χ4n) is 3.27. The Morgan fingerprint density at radius 2 is 2.41 bits per heavy atom. The Hall–Kier alpha value is -1.86. The summed E-state index contributed by atoms with van der Waals surface area (Å²) in [6, 6.07) is 0.352. The molecule has 1 unspecified atom stereocenters. The lowest BCUT2D eigenvalue weighted by molar-refractivity contribution is 0.154. The van der Waals surface area contributed by atoms with E-state index >= 15 is 0 Å². The van der Waals surface area contributed by atoms with Gasteiger partial charge in [0.1, 0.15) is 6.17 Å². The van der Waals surface area contributed by atoms with Gasteiger partial charge in [-0.1, -0.05) is 0 Å². The molecule has 0 radical (unpaired) electrons. The van der Waals surface area contributed by atoms with E-state index in [0.29, 0.717) is 12.0 Å². The summed E-state index contributed by atoms with van der Waals surface area (Å²) >= 11 is 1.67. The molecule has 2 atom stereocenters. The van der Waals surface area contributed by atoms with Gasteiger partial charge < -0.3 is 20.7 Å². The fourth-order valence-corrected chi connectivity index (χ4v) is 3.90. The average Bonchev–Trinajstić information content (AvgIpc) is 3.20. The third-order valence-corrected chi connectivity index (χ3v) is 5.26. The van der Waals surface area contributed by atoms with Crippen LogP contribution in [0.25, 0.3) is 5.57 Å². The molecule has 0 amide bonds. The zero-order valence-corrected chi connectivity index (χ0v) is 13.3. The van der Waals surface area contributed by atoms with Gasteiger partial charge in [-0.25, -0.2) is 4.99 Å². The molecule has 4 rings (SSSR count). The van der Waals surface area contributed by atoms with E-state index < -0.39 is 0 Å². The number of fused-ring (bicyclic) bond motifs is 1. The predicted molar refractivity (Wildman–Crippen MR) is 87.0 cm³/mol. The second-order valence-corrected chi connectivity index (χ2v) is 6.71. The van der Waals surface area contributed by atoms with Gasteiger partial charge in [0.2, 0.25) is 0 Å². The Kier molecular flexibility index (Phi) is 3.38. The lowest BCUT2D eigenvalue weighted by Crippen LogP contribution is -2.48. The lowest BCUT2D eigenvalue weighted by atomic mass is 9.94. The molecule has 1 fully saturated rings. The van der Waals surface area contributed by atoms with Crippen LogP contribution in [0, 0.1) is 0 Å². The first kappa shape index (κ1) is 13.8. The summed E-state index contributed by atoms with van der Waals surface area (Å²) in [7, 11) is 0. The average molecular weight is 317 g/mol. The molecule has 0 bridgehead atoms. The van der Waals surface area contributed by atoms with Crippen LogP contribution in [0.1, 0.15) is 24.6 Å². The highest BCUT2D eigenvalue weighted by atomic mass is 32.1. The van der Waals surface area contributed by atoms with E-state index in [1.807, 2.05) is 11.7 Å². The highest BCUT2D eigenvalue weighted by Gasteiger charge is 2.36. The number of allylic oxidation sites excluding steroid dienone is 2. The van der Waals surface area contributed by atoms with E-state index in [-0.39, 0.29) is 6.17 Å². The Balaban J connectivity index is 1.77. The van der Waals surface area contributed by atoms with Gasteiger partial charge >= 0.3 is 0 Å². The number of hydrogen-bond donors (Lipinski definition) is 2. The molecule has 3 N–H and O–H groups in total. The van der Waals surface area contributed by atoms with Crippen LogP contribution in [-0.2, 0) is 4.74 Å². The molecule has 0 aromatic carbocycles. The van der Waals surface area contributed by atoms with E-state index in [1.54, 1.807) is 11.3 Å². The normalized spacial score (nSPS) is 28.1. The van der Waals surface area contributed by atoms with Gasteiger partial charge in [0, 0.05) is 31.1 Å². The van der Waals surface area contributed by atoms with Crippen molar-refractivity contribution >= 4 is 22.9 Å². The van der Waals surface area contributed by atoms with E-state index in [0.717, 1.165) is 31.8 Å². The molecular formula is C15H19N5OS. The van der Waals surface area contributed by atoms with Gasteiger partial charge in [-0.2, -0.15) is 0 Å². The standard InChI is InChI=1S/C15H19N5OS/c1-9-12-4-10(13-5-17-8-22-13)6-20(11-2-3-21-7-11)14(12)19-15(16)18-9/h5-6,8,11,14H,2-4,7H2,1H3,(H3,16,18,19)/t11-,14?/m1/s1. The SMILES string of the molecule is CC1=C2CC(c3cncs3)=CN([C@@H]3CCOC3)C2N=C(N)N1. The van der Waals surface area contributed by atoms with Gasteiger partial charge in [-0.05, 0) is 24.5 Å². The van der Waals surface area contributed by atoms with Crippen LogP contribution >= 0.6 is 11.3 Å². The Morgan fingerprint density at radius 3 is 3.14 bits per heavy atom. The summed E-state index contributed by atoms with van der Waals surface area (Å²) in [4.78, 5) is 12.4. The van der Waals surface area contributed by atoms with Crippen LogP contribution in [0.5, 0.6) is 0 Å². The van der Waals surface area contributed by atoms with E-state index in [2.05, 4.69) is 33.3 Å². The van der Waals surface area contributed by atoms with Crippen molar-refractivity contribution in [2.75, 3.05) is 13.2 Å². The molecule has 1 aromatic rings. The maximum absolute atomic E-state index is 5.94. The molecule has 6 nitrogen and oxygen atoms in total. The van der Waals surface area contributed by atoms with Crippen LogP contribution in [-0.4, -0.2) is 41.3 Å². The van der Waals surface area contributed by atoms with Crippen molar-refractivity contribution in [3.8, 4) is 0 Å². The number of hydrogen-bond acceptors (Lipinski definition) is 7. The molecule has 0 spiro atoms. The minimum Gasteiger partial charge on any atom is -0.379 e. The number of nitrogens with two attached hydrogens (primary N) is 1. The molecule has 7 heteroatoms. The number of nitrogens with one attached hydrogen (secondary N) is 1. The van der Waals surface area contributed by atoms with Crippen LogP contribution in [0.3, 0.4) is 0 Å². The van der Waals surface area contributed by atoms with Crippen molar-refractivity contribution in [2.24, 2.45) is 10.7 Å². The molecule has 22 heavy (non-hydrogen) atoms. The molecule has 3 aliphatic heterocycles. The summed E-state index contributed by atoms with van der Waals surface area (Å²) in [5.74, 6) is 0.491. The molecule has 0 aliphatic carbocycles. The smallest absolute Gasteiger partial charge is 0.195 e. The van der Waals surface area contributed by atoms with E-state index in [4.69, 9.17) is 10.5 Å². The van der Waals surface area contributed by atoms with Crippen molar-refractivity contribution in [2.45, 2.75) is 32.0 Å². The van der Waals surface area contributed by atoms with Gasteiger partial charge in [0.05, 0.1) is 23.0 Å². The molecule has 4 heterocycles. The Labute approximate surface area is 133 Å². The van der Waals surface area contributed by atoms with Crippen molar-refractivity contribution in [3.63, 3.8) is 0 Å².